The second kappa shape index (κ2) is 7.47. The number of carbonyl (C=O) groups excluding carboxylic acids is 1. The minimum Gasteiger partial charge on any atom is -0.339 e. The van der Waals surface area contributed by atoms with Crippen LogP contribution in [0.4, 0.5) is 0 Å². The molecule has 0 spiro atoms. The molecular formula is C24H25N3O2. The Balaban J connectivity index is 1.24. The number of hydrogen-bond acceptors (Lipinski definition) is 3. The van der Waals surface area contributed by atoms with Crippen molar-refractivity contribution in [2.45, 2.75) is 38.6 Å². The molecule has 1 amide bonds. The summed E-state index contributed by atoms with van der Waals surface area (Å²) in [4.78, 5) is 27.2. The Morgan fingerprint density at radius 2 is 1.79 bits per heavy atom. The van der Waals surface area contributed by atoms with Gasteiger partial charge in [-0.3, -0.25) is 9.59 Å². The molecule has 5 rings (SSSR count). The largest absolute Gasteiger partial charge is 0.339 e. The third-order valence-electron chi connectivity index (χ3n) is 6.35. The van der Waals surface area contributed by atoms with E-state index in [-0.39, 0.29) is 11.5 Å². The Morgan fingerprint density at radius 1 is 1.00 bits per heavy atom. The molecule has 0 N–H and O–H groups in total. The van der Waals surface area contributed by atoms with Crippen LogP contribution < -0.4 is 5.56 Å². The van der Waals surface area contributed by atoms with Gasteiger partial charge in [-0.15, -0.1) is 0 Å². The average Bonchev–Trinajstić information content (AvgIpc) is 3.21. The van der Waals surface area contributed by atoms with Crippen molar-refractivity contribution in [3.63, 3.8) is 0 Å². The summed E-state index contributed by atoms with van der Waals surface area (Å²) in [6.07, 6.45) is 4.87. The number of aromatic nitrogens is 2. The molecule has 2 aliphatic rings. The average molecular weight is 387 g/mol. The Hall–Kier alpha value is -2.95. The molecule has 1 saturated heterocycles. The van der Waals surface area contributed by atoms with Crippen molar-refractivity contribution < 1.29 is 4.79 Å². The number of fused-ring (bicyclic) bond motifs is 2. The standard InChI is InChI=1S/C24H25N3O2/c28-23-15-20-6-3-7-22(20)25-27(23)16-17-10-12-26(13-11-17)24(29)21-9-8-18-4-1-2-5-19(18)14-21/h1-2,4-5,8-9,14-15,17H,3,6-7,10-13,16H2. The molecule has 1 aliphatic carbocycles. The van der Waals surface area contributed by atoms with Gasteiger partial charge in [0.05, 0.1) is 5.69 Å². The third kappa shape index (κ3) is 3.57. The van der Waals surface area contributed by atoms with Crippen LogP contribution in [0.25, 0.3) is 10.8 Å². The minimum absolute atomic E-state index is 0.0142. The first-order valence-electron chi connectivity index (χ1n) is 10.6. The van der Waals surface area contributed by atoms with E-state index in [9.17, 15) is 9.59 Å². The van der Waals surface area contributed by atoms with Crippen molar-refractivity contribution in [1.82, 2.24) is 14.7 Å². The Morgan fingerprint density at radius 3 is 2.62 bits per heavy atom. The summed E-state index contributed by atoms with van der Waals surface area (Å²) in [5.41, 5.74) is 2.98. The number of aryl methyl sites for hydroxylation is 2. The van der Waals surface area contributed by atoms with Crippen LogP contribution in [0.1, 0.15) is 40.9 Å². The van der Waals surface area contributed by atoms with Crippen LogP contribution in [0.5, 0.6) is 0 Å². The van der Waals surface area contributed by atoms with E-state index in [1.54, 1.807) is 10.7 Å². The maximum atomic E-state index is 12.9. The third-order valence-corrected chi connectivity index (χ3v) is 6.35. The van der Waals surface area contributed by atoms with Crippen LogP contribution in [0.2, 0.25) is 0 Å². The fourth-order valence-corrected chi connectivity index (χ4v) is 4.64. The van der Waals surface area contributed by atoms with Gasteiger partial charge in [0.2, 0.25) is 0 Å². The van der Waals surface area contributed by atoms with Crippen LogP contribution in [-0.2, 0) is 19.4 Å². The maximum Gasteiger partial charge on any atom is 0.267 e. The topological polar surface area (TPSA) is 55.2 Å². The summed E-state index contributed by atoms with van der Waals surface area (Å²) in [6.45, 7) is 2.12. The van der Waals surface area contributed by atoms with Crippen molar-refractivity contribution in [2.24, 2.45) is 5.92 Å². The highest BCUT2D eigenvalue weighted by atomic mass is 16.2. The Labute approximate surface area is 170 Å². The molecule has 0 radical (unpaired) electrons. The molecule has 5 nitrogen and oxygen atoms in total. The van der Waals surface area contributed by atoms with Gasteiger partial charge in [0.15, 0.2) is 0 Å². The number of piperidine rings is 1. The van der Waals surface area contributed by atoms with Crippen LogP contribution in [0.3, 0.4) is 0 Å². The van der Waals surface area contributed by atoms with E-state index < -0.39 is 0 Å². The van der Waals surface area contributed by atoms with Crippen molar-refractivity contribution >= 4 is 16.7 Å². The Kier molecular flexibility index (Phi) is 4.66. The zero-order valence-electron chi connectivity index (χ0n) is 16.5. The van der Waals surface area contributed by atoms with Crippen molar-refractivity contribution in [3.05, 3.63) is 75.7 Å². The van der Waals surface area contributed by atoms with Gasteiger partial charge in [-0.1, -0.05) is 30.3 Å². The van der Waals surface area contributed by atoms with E-state index in [2.05, 4.69) is 11.2 Å². The van der Waals surface area contributed by atoms with E-state index in [1.807, 2.05) is 41.3 Å². The molecule has 29 heavy (non-hydrogen) atoms. The van der Waals surface area contributed by atoms with Gasteiger partial charge < -0.3 is 4.90 Å². The molecule has 0 saturated carbocycles. The molecule has 1 aliphatic heterocycles. The highest BCUT2D eigenvalue weighted by molar-refractivity contribution is 5.98. The first-order chi connectivity index (χ1) is 14.2. The second-order valence-electron chi connectivity index (χ2n) is 8.29. The SMILES string of the molecule is O=C(c1ccc2ccccc2c1)N1CCC(Cn2nc3c(cc2=O)CCC3)CC1. The predicted octanol–water partition coefficient (Wildman–Crippen LogP) is 3.44. The normalized spacial score (nSPS) is 16.9. The van der Waals surface area contributed by atoms with E-state index in [0.29, 0.717) is 12.5 Å². The van der Waals surface area contributed by atoms with Crippen LogP contribution in [-0.4, -0.2) is 33.7 Å². The summed E-state index contributed by atoms with van der Waals surface area (Å²) in [5, 5.41) is 6.84. The molecule has 1 fully saturated rings. The minimum atomic E-state index is 0.0142. The van der Waals surface area contributed by atoms with E-state index in [1.165, 1.54) is 0 Å². The maximum absolute atomic E-state index is 12.9. The number of hydrogen-bond donors (Lipinski definition) is 0. The van der Waals surface area contributed by atoms with E-state index in [0.717, 1.165) is 72.8 Å². The van der Waals surface area contributed by atoms with Crippen molar-refractivity contribution in [2.75, 3.05) is 13.1 Å². The molecule has 2 heterocycles. The van der Waals surface area contributed by atoms with Gasteiger partial charge in [-0.05, 0) is 66.5 Å². The van der Waals surface area contributed by atoms with Crippen LogP contribution in [0, 0.1) is 5.92 Å². The monoisotopic (exact) mass is 387 g/mol. The fourth-order valence-electron chi connectivity index (χ4n) is 4.64. The fraction of sp³-hybridized carbons (Fsp3) is 0.375. The van der Waals surface area contributed by atoms with Gasteiger partial charge in [-0.25, -0.2) is 4.68 Å². The highest BCUT2D eigenvalue weighted by Crippen LogP contribution is 2.23. The molecule has 5 heteroatoms. The number of benzene rings is 2. The summed E-state index contributed by atoms with van der Waals surface area (Å²) in [7, 11) is 0. The smallest absolute Gasteiger partial charge is 0.267 e. The number of nitrogens with zero attached hydrogens (tertiary/aromatic N) is 3. The number of amides is 1. The summed E-state index contributed by atoms with van der Waals surface area (Å²) >= 11 is 0. The lowest BCUT2D eigenvalue weighted by Gasteiger charge is -2.32. The molecule has 2 aromatic carbocycles. The number of carbonyl (C=O) groups is 1. The van der Waals surface area contributed by atoms with Crippen molar-refractivity contribution in [3.8, 4) is 0 Å². The number of likely N-dealkylation sites (tertiary alicyclic amines) is 1. The molecule has 0 bridgehead atoms. The number of rotatable bonds is 3. The predicted molar refractivity (Wildman–Crippen MR) is 113 cm³/mol. The van der Waals surface area contributed by atoms with Gasteiger partial charge in [0.25, 0.3) is 11.5 Å². The quantitative estimate of drug-likeness (QED) is 0.692. The first kappa shape index (κ1) is 18.1. The van der Waals surface area contributed by atoms with E-state index >= 15 is 0 Å². The first-order valence-corrected chi connectivity index (χ1v) is 10.6. The van der Waals surface area contributed by atoms with Gasteiger partial charge in [-0.2, -0.15) is 5.10 Å². The van der Waals surface area contributed by atoms with Gasteiger partial charge in [0.1, 0.15) is 0 Å². The highest BCUT2D eigenvalue weighted by Gasteiger charge is 2.25. The molecule has 148 valence electrons. The summed E-state index contributed by atoms with van der Waals surface area (Å²) in [6, 6.07) is 15.8. The molecular weight excluding hydrogens is 362 g/mol. The zero-order chi connectivity index (χ0) is 19.8. The lowest BCUT2D eigenvalue weighted by molar-refractivity contribution is 0.0680. The zero-order valence-corrected chi connectivity index (χ0v) is 16.5. The lowest BCUT2D eigenvalue weighted by Crippen LogP contribution is -2.40. The molecule has 0 atom stereocenters. The van der Waals surface area contributed by atoms with Crippen LogP contribution >= 0.6 is 0 Å². The lowest BCUT2D eigenvalue weighted by atomic mass is 9.96. The molecule has 0 unspecified atom stereocenters. The van der Waals surface area contributed by atoms with Gasteiger partial charge >= 0.3 is 0 Å². The van der Waals surface area contributed by atoms with E-state index in [4.69, 9.17) is 0 Å². The second-order valence-corrected chi connectivity index (χ2v) is 8.29. The molecule has 1 aromatic heterocycles. The summed E-state index contributed by atoms with van der Waals surface area (Å²) < 4.78 is 1.65. The van der Waals surface area contributed by atoms with Crippen molar-refractivity contribution in [1.29, 1.82) is 0 Å². The Bertz CT molecular complexity index is 1130. The van der Waals surface area contributed by atoms with Gasteiger partial charge in [0, 0.05) is 31.3 Å². The van der Waals surface area contributed by atoms with Crippen LogP contribution in [0.15, 0.2) is 53.3 Å². The molecule has 3 aromatic rings. The summed E-state index contributed by atoms with van der Waals surface area (Å²) in [5.74, 6) is 0.488.